The second-order valence-electron chi connectivity index (χ2n) is 4.41. The lowest BCUT2D eigenvalue weighted by molar-refractivity contribution is 0.162. The molecule has 0 radical (unpaired) electrons. The summed E-state index contributed by atoms with van der Waals surface area (Å²) in [4.78, 5) is 1.84. The van der Waals surface area contributed by atoms with Crippen LogP contribution in [0.15, 0.2) is 24.3 Å². The molecule has 0 aromatic carbocycles. The average molecular weight is 224 g/mol. The maximum absolute atomic E-state index is 7.89. The zero-order valence-corrected chi connectivity index (χ0v) is 11.0. The molecule has 0 bridgehead atoms. The second-order valence-corrected chi connectivity index (χ2v) is 4.41. The highest BCUT2D eigenvalue weighted by molar-refractivity contribution is 5.71. The fraction of sp³-hybridized carbons (Fsp3) is 0.615. The van der Waals surface area contributed by atoms with Crippen molar-refractivity contribution >= 4 is 6.02 Å². The zero-order valence-electron chi connectivity index (χ0n) is 11.0. The monoisotopic (exact) mass is 224 g/mol. The van der Waals surface area contributed by atoms with E-state index in [4.69, 9.17) is 10.1 Å². The van der Waals surface area contributed by atoms with Gasteiger partial charge in [-0.15, -0.1) is 0 Å². The minimum Gasteiger partial charge on any atom is -0.462 e. The molecule has 0 saturated heterocycles. The van der Waals surface area contributed by atoms with Gasteiger partial charge in [0.15, 0.2) is 0 Å². The van der Waals surface area contributed by atoms with Crippen molar-refractivity contribution in [1.29, 1.82) is 5.41 Å². The Labute approximate surface area is 99.3 Å². The summed E-state index contributed by atoms with van der Waals surface area (Å²) in [6.45, 7) is 16.9. The van der Waals surface area contributed by atoms with Crippen LogP contribution in [0.1, 0.15) is 34.1 Å². The van der Waals surface area contributed by atoms with Crippen LogP contribution in [-0.4, -0.2) is 30.1 Å². The molecule has 0 amide bonds. The van der Waals surface area contributed by atoms with Gasteiger partial charge in [0.1, 0.15) is 0 Å². The van der Waals surface area contributed by atoms with Crippen LogP contribution in [0, 0.1) is 5.41 Å². The van der Waals surface area contributed by atoms with E-state index >= 15 is 0 Å². The number of hydrogen-bond acceptors (Lipinski definition) is 2. The van der Waals surface area contributed by atoms with Crippen LogP contribution in [0.5, 0.6) is 0 Å². The number of ether oxygens (including phenoxy) is 1. The van der Waals surface area contributed by atoms with Crippen LogP contribution in [0.2, 0.25) is 0 Å². The fourth-order valence-corrected chi connectivity index (χ4v) is 1.20. The Morgan fingerprint density at radius 2 is 1.69 bits per heavy atom. The molecule has 1 N–H and O–H groups in total. The van der Waals surface area contributed by atoms with Crippen LogP contribution < -0.4 is 0 Å². The van der Waals surface area contributed by atoms with Crippen LogP contribution in [-0.2, 0) is 4.74 Å². The van der Waals surface area contributed by atoms with Gasteiger partial charge in [0.05, 0.1) is 6.10 Å². The highest BCUT2D eigenvalue weighted by Crippen LogP contribution is 2.05. The molecule has 0 fully saturated rings. The van der Waals surface area contributed by atoms with E-state index in [0.29, 0.717) is 13.1 Å². The molecule has 3 nitrogen and oxygen atoms in total. The minimum absolute atomic E-state index is 0.0743. The normalized spacial score (nSPS) is 11.8. The lowest BCUT2D eigenvalue weighted by Crippen LogP contribution is -2.36. The number of nitrogens with zero attached hydrogens (tertiary/aromatic N) is 1. The Balaban J connectivity index is 4.42. The number of hydrogen-bond donors (Lipinski definition) is 1. The Bertz CT molecular complexity index is 255. The Hall–Kier alpha value is -1.25. The summed E-state index contributed by atoms with van der Waals surface area (Å²) >= 11 is 0. The van der Waals surface area contributed by atoms with Crippen LogP contribution >= 0.6 is 0 Å². The van der Waals surface area contributed by atoms with Crippen molar-refractivity contribution in [2.45, 2.75) is 40.2 Å². The Kier molecular flexibility index (Phi) is 6.54. The van der Waals surface area contributed by atoms with Gasteiger partial charge in [0.25, 0.3) is 6.02 Å². The van der Waals surface area contributed by atoms with E-state index in [1.807, 2.05) is 32.6 Å². The molecule has 0 aliphatic heterocycles. The third-order valence-corrected chi connectivity index (χ3v) is 2.10. The first-order chi connectivity index (χ1) is 7.36. The van der Waals surface area contributed by atoms with E-state index < -0.39 is 0 Å². The molecule has 0 aliphatic carbocycles. The van der Waals surface area contributed by atoms with E-state index in [2.05, 4.69) is 13.2 Å². The summed E-state index contributed by atoms with van der Waals surface area (Å²) in [5, 5.41) is 7.89. The quantitative estimate of drug-likeness (QED) is 0.427. The standard InChI is InChI=1S/C13H24N2O/c1-7-12(6)16-13(14)15(8-10(2)3)9-11(4)5/h12,14H,2,4,7-9H2,1,3,5-6H3. The van der Waals surface area contributed by atoms with Gasteiger partial charge in [-0.3, -0.25) is 5.41 Å². The van der Waals surface area contributed by atoms with Gasteiger partial charge < -0.3 is 9.64 Å². The van der Waals surface area contributed by atoms with E-state index in [1.165, 1.54) is 0 Å². The third kappa shape index (κ3) is 6.27. The largest absolute Gasteiger partial charge is 0.462 e. The molecule has 16 heavy (non-hydrogen) atoms. The summed E-state index contributed by atoms with van der Waals surface area (Å²) in [5.74, 6) is 0. The SMILES string of the molecule is C=C(C)CN(CC(=C)C)C(=N)OC(C)CC. The van der Waals surface area contributed by atoms with Crippen LogP contribution in [0.25, 0.3) is 0 Å². The van der Waals surface area contributed by atoms with Crippen molar-refractivity contribution in [3.05, 3.63) is 24.3 Å². The molecule has 0 saturated carbocycles. The third-order valence-electron chi connectivity index (χ3n) is 2.10. The molecule has 3 heteroatoms. The minimum atomic E-state index is 0.0743. The van der Waals surface area contributed by atoms with Crippen molar-refractivity contribution in [2.75, 3.05) is 13.1 Å². The van der Waals surface area contributed by atoms with Crippen molar-refractivity contribution < 1.29 is 4.74 Å². The van der Waals surface area contributed by atoms with Crippen LogP contribution in [0.3, 0.4) is 0 Å². The number of amidine groups is 1. The predicted molar refractivity (Wildman–Crippen MR) is 69.8 cm³/mol. The molecular formula is C13H24N2O. The summed E-state index contributed by atoms with van der Waals surface area (Å²) in [6.07, 6.45) is 0.973. The second kappa shape index (κ2) is 7.09. The maximum atomic E-state index is 7.89. The smallest absolute Gasteiger partial charge is 0.285 e. The molecule has 1 atom stereocenters. The average Bonchev–Trinajstić information content (AvgIpc) is 2.15. The summed E-state index contributed by atoms with van der Waals surface area (Å²) in [7, 11) is 0. The van der Waals surface area contributed by atoms with Gasteiger partial charge in [-0.25, -0.2) is 0 Å². The topological polar surface area (TPSA) is 36.3 Å². The summed E-state index contributed by atoms with van der Waals surface area (Å²) in [6, 6.07) is 0.209. The first-order valence-electron chi connectivity index (χ1n) is 5.65. The summed E-state index contributed by atoms with van der Waals surface area (Å²) < 4.78 is 5.49. The lowest BCUT2D eigenvalue weighted by atomic mass is 10.2. The first-order valence-corrected chi connectivity index (χ1v) is 5.65. The van der Waals surface area contributed by atoms with E-state index in [-0.39, 0.29) is 12.1 Å². The maximum Gasteiger partial charge on any atom is 0.285 e. The lowest BCUT2D eigenvalue weighted by Gasteiger charge is -2.26. The molecule has 0 aromatic heterocycles. The van der Waals surface area contributed by atoms with Crippen molar-refractivity contribution in [3.8, 4) is 0 Å². The highest BCUT2D eigenvalue weighted by Gasteiger charge is 2.13. The van der Waals surface area contributed by atoms with Gasteiger partial charge in [-0.1, -0.05) is 31.2 Å². The molecule has 0 spiro atoms. The fourth-order valence-electron chi connectivity index (χ4n) is 1.20. The summed E-state index contributed by atoms with van der Waals surface area (Å²) in [5.41, 5.74) is 2.03. The van der Waals surface area contributed by atoms with E-state index in [0.717, 1.165) is 17.6 Å². The molecule has 0 aromatic rings. The molecule has 0 heterocycles. The van der Waals surface area contributed by atoms with Gasteiger partial charge in [0.2, 0.25) is 0 Å². The molecular weight excluding hydrogens is 200 g/mol. The predicted octanol–water partition coefficient (Wildman–Crippen LogP) is 3.19. The van der Waals surface area contributed by atoms with Gasteiger partial charge in [-0.05, 0) is 27.2 Å². The molecule has 0 rings (SSSR count). The van der Waals surface area contributed by atoms with Crippen molar-refractivity contribution in [1.82, 2.24) is 4.90 Å². The van der Waals surface area contributed by atoms with Crippen molar-refractivity contribution in [2.24, 2.45) is 0 Å². The van der Waals surface area contributed by atoms with Crippen LogP contribution in [0.4, 0.5) is 0 Å². The highest BCUT2D eigenvalue weighted by atomic mass is 16.5. The van der Waals surface area contributed by atoms with Gasteiger partial charge in [0, 0.05) is 13.1 Å². The molecule has 92 valence electrons. The van der Waals surface area contributed by atoms with Gasteiger partial charge >= 0.3 is 0 Å². The van der Waals surface area contributed by atoms with Gasteiger partial charge in [-0.2, -0.15) is 0 Å². The Morgan fingerprint density at radius 3 is 2.00 bits per heavy atom. The van der Waals surface area contributed by atoms with Crippen molar-refractivity contribution in [3.63, 3.8) is 0 Å². The number of rotatable bonds is 6. The Morgan fingerprint density at radius 1 is 1.25 bits per heavy atom. The zero-order chi connectivity index (χ0) is 12.7. The van der Waals surface area contributed by atoms with E-state index in [1.54, 1.807) is 0 Å². The first kappa shape index (κ1) is 14.8. The van der Waals surface area contributed by atoms with E-state index in [9.17, 15) is 0 Å². The number of nitrogens with one attached hydrogen (secondary N) is 1. The molecule has 1 unspecified atom stereocenters. The molecule has 0 aliphatic rings.